The fourth-order valence-corrected chi connectivity index (χ4v) is 4.11. The van der Waals surface area contributed by atoms with Crippen molar-refractivity contribution in [2.75, 3.05) is 44.7 Å². The predicted octanol–water partition coefficient (Wildman–Crippen LogP) is 3.51. The predicted molar refractivity (Wildman–Crippen MR) is 119 cm³/mol. The van der Waals surface area contributed by atoms with Crippen LogP contribution in [0.4, 0.5) is 9.93 Å². The monoisotopic (exact) mass is 430 g/mol. The number of benzene rings is 1. The zero-order chi connectivity index (χ0) is 21.7. The molecule has 30 heavy (non-hydrogen) atoms. The molecule has 2 aromatic rings. The zero-order valence-electron chi connectivity index (χ0n) is 18.1. The Morgan fingerprint density at radius 2 is 1.80 bits per heavy atom. The van der Waals surface area contributed by atoms with Crippen LogP contribution in [0.3, 0.4) is 0 Å². The van der Waals surface area contributed by atoms with Gasteiger partial charge in [0.05, 0.1) is 6.20 Å². The third-order valence-electron chi connectivity index (χ3n) is 4.83. The molecule has 1 aromatic carbocycles. The molecule has 2 heterocycles. The lowest BCUT2D eigenvalue weighted by Gasteiger charge is -2.35. The van der Waals surface area contributed by atoms with Gasteiger partial charge in [-0.2, -0.15) is 0 Å². The van der Waals surface area contributed by atoms with Gasteiger partial charge in [-0.1, -0.05) is 41.7 Å². The number of anilines is 1. The summed E-state index contributed by atoms with van der Waals surface area (Å²) in [5.41, 5.74) is 0.718. The molecule has 1 aliphatic rings. The van der Waals surface area contributed by atoms with Crippen molar-refractivity contribution in [2.45, 2.75) is 32.8 Å². The summed E-state index contributed by atoms with van der Waals surface area (Å²) < 4.78 is 5.44. The normalized spacial score (nSPS) is 14.5. The van der Waals surface area contributed by atoms with Crippen LogP contribution in [-0.4, -0.2) is 72.2 Å². The number of carbonyl (C=O) groups excluding carboxylic acids is 2. The molecule has 0 saturated carbocycles. The molecule has 8 heteroatoms. The molecule has 1 saturated heterocycles. The molecule has 7 nitrogen and oxygen atoms in total. The maximum atomic E-state index is 12.7. The van der Waals surface area contributed by atoms with Crippen molar-refractivity contribution in [3.8, 4) is 0 Å². The van der Waals surface area contributed by atoms with Crippen LogP contribution in [0.5, 0.6) is 0 Å². The maximum Gasteiger partial charge on any atom is 0.410 e. The number of hydrogen-bond acceptors (Lipinski definition) is 6. The number of aromatic nitrogens is 1. The third-order valence-corrected chi connectivity index (χ3v) is 5.88. The van der Waals surface area contributed by atoms with Crippen molar-refractivity contribution >= 4 is 28.5 Å². The summed E-state index contributed by atoms with van der Waals surface area (Å²) in [7, 11) is 1.82. The molecule has 1 aromatic heterocycles. The summed E-state index contributed by atoms with van der Waals surface area (Å²) in [5.74, 6) is -0.0120. The molecular formula is C22H30N4O3S. The lowest BCUT2D eigenvalue weighted by molar-refractivity contribution is 0.0240. The Hall–Kier alpha value is -2.61. The van der Waals surface area contributed by atoms with Crippen LogP contribution in [-0.2, 0) is 11.2 Å². The number of likely N-dealkylation sites (N-methyl/N-ethyl adjacent to an activating group) is 1. The van der Waals surface area contributed by atoms with E-state index in [0.717, 1.165) is 11.6 Å². The Morgan fingerprint density at radius 1 is 1.13 bits per heavy atom. The number of thiazole rings is 1. The molecule has 3 rings (SSSR count). The first-order valence-corrected chi connectivity index (χ1v) is 11.0. The number of hydrogen-bond donors (Lipinski definition) is 0. The lowest BCUT2D eigenvalue weighted by Crippen LogP contribution is -2.50. The first-order chi connectivity index (χ1) is 14.2. The van der Waals surface area contributed by atoms with E-state index in [0.29, 0.717) is 37.6 Å². The smallest absolute Gasteiger partial charge is 0.410 e. The zero-order valence-corrected chi connectivity index (χ0v) is 18.9. The van der Waals surface area contributed by atoms with Gasteiger partial charge in [0.2, 0.25) is 0 Å². The highest BCUT2D eigenvalue weighted by Gasteiger charge is 2.27. The number of rotatable bonds is 5. The van der Waals surface area contributed by atoms with Crippen molar-refractivity contribution in [2.24, 2.45) is 0 Å². The van der Waals surface area contributed by atoms with E-state index >= 15 is 0 Å². The van der Waals surface area contributed by atoms with E-state index in [4.69, 9.17) is 4.74 Å². The van der Waals surface area contributed by atoms with Crippen molar-refractivity contribution in [3.63, 3.8) is 0 Å². The van der Waals surface area contributed by atoms with Gasteiger partial charge in [-0.05, 0) is 32.8 Å². The molecule has 162 valence electrons. The van der Waals surface area contributed by atoms with Gasteiger partial charge in [0.15, 0.2) is 5.13 Å². The van der Waals surface area contributed by atoms with E-state index in [1.54, 1.807) is 16.0 Å². The first kappa shape index (κ1) is 22.1. The molecule has 0 spiro atoms. The molecule has 0 unspecified atom stereocenters. The number of amides is 2. The molecule has 0 aliphatic carbocycles. The Labute approximate surface area is 182 Å². The number of nitrogens with zero attached hydrogens (tertiary/aromatic N) is 4. The lowest BCUT2D eigenvalue weighted by atomic mass is 10.1. The average Bonchev–Trinajstić information content (AvgIpc) is 3.21. The second-order valence-corrected chi connectivity index (χ2v) is 9.43. The van der Waals surface area contributed by atoms with Crippen LogP contribution in [0.1, 0.15) is 36.0 Å². The molecule has 0 atom stereocenters. The standard InChI is InChI=1S/C22H30N4O3S/c1-22(2,3)29-21(28)26-14-12-25(13-15-26)20-23-16-18(30-20)19(27)24(4)11-10-17-8-6-5-7-9-17/h5-9,16H,10-15H2,1-4H3. The topological polar surface area (TPSA) is 66.0 Å². The van der Waals surface area contributed by atoms with Crippen molar-refractivity contribution in [1.82, 2.24) is 14.8 Å². The SMILES string of the molecule is CN(CCc1ccccc1)C(=O)c1cnc(N2CCN(C(=O)OC(C)(C)C)CC2)s1. The Bertz CT molecular complexity index is 855. The van der Waals surface area contributed by atoms with E-state index in [1.807, 2.05) is 46.0 Å². The van der Waals surface area contributed by atoms with Gasteiger partial charge in [0.25, 0.3) is 5.91 Å². The summed E-state index contributed by atoms with van der Waals surface area (Å²) in [4.78, 5) is 35.6. The first-order valence-electron chi connectivity index (χ1n) is 10.2. The quantitative estimate of drug-likeness (QED) is 0.726. The second-order valence-electron chi connectivity index (χ2n) is 8.42. The molecule has 0 N–H and O–H groups in total. The van der Waals surface area contributed by atoms with Gasteiger partial charge in [0.1, 0.15) is 10.5 Å². The fourth-order valence-electron chi connectivity index (χ4n) is 3.15. The number of piperazine rings is 1. The highest BCUT2D eigenvalue weighted by molar-refractivity contribution is 7.17. The Balaban J connectivity index is 1.51. The third kappa shape index (κ3) is 5.95. The van der Waals surface area contributed by atoms with E-state index < -0.39 is 5.60 Å². The van der Waals surface area contributed by atoms with Crippen LogP contribution in [0.25, 0.3) is 0 Å². The van der Waals surface area contributed by atoms with E-state index in [1.165, 1.54) is 16.9 Å². The summed E-state index contributed by atoms with van der Waals surface area (Å²) in [5, 5.41) is 0.818. The van der Waals surface area contributed by atoms with Crippen LogP contribution in [0.2, 0.25) is 0 Å². The largest absolute Gasteiger partial charge is 0.444 e. The minimum atomic E-state index is -0.495. The maximum absolute atomic E-state index is 12.7. The molecule has 0 radical (unpaired) electrons. The van der Waals surface area contributed by atoms with Crippen LogP contribution >= 0.6 is 11.3 Å². The van der Waals surface area contributed by atoms with Gasteiger partial charge in [-0.3, -0.25) is 4.79 Å². The highest BCUT2D eigenvalue weighted by atomic mass is 32.1. The highest BCUT2D eigenvalue weighted by Crippen LogP contribution is 2.25. The van der Waals surface area contributed by atoms with Crippen molar-refractivity contribution in [1.29, 1.82) is 0 Å². The van der Waals surface area contributed by atoms with Crippen LogP contribution < -0.4 is 4.90 Å². The van der Waals surface area contributed by atoms with Crippen LogP contribution in [0, 0.1) is 0 Å². The van der Waals surface area contributed by atoms with Gasteiger partial charge in [-0.25, -0.2) is 9.78 Å². The fraction of sp³-hybridized carbons (Fsp3) is 0.500. The summed E-state index contributed by atoms with van der Waals surface area (Å²) >= 11 is 1.41. The van der Waals surface area contributed by atoms with Crippen LogP contribution in [0.15, 0.2) is 36.5 Å². The summed E-state index contributed by atoms with van der Waals surface area (Å²) in [6.07, 6.45) is 2.19. The Kier molecular flexibility index (Phi) is 6.97. The van der Waals surface area contributed by atoms with Gasteiger partial charge in [-0.15, -0.1) is 0 Å². The molecule has 2 amide bonds. The minimum absolute atomic E-state index is 0.0120. The molecular weight excluding hydrogens is 400 g/mol. The summed E-state index contributed by atoms with van der Waals surface area (Å²) in [6.45, 7) is 8.76. The second kappa shape index (κ2) is 9.47. The minimum Gasteiger partial charge on any atom is -0.444 e. The van der Waals surface area contributed by atoms with E-state index in [9.17, 15) is 9.59 Å². The van der Waals surface area contributed by atoms with Crippen molar-refractivity contribution in [3.05, 3.63) is 47.0 Å². The van der Waals surface area contributed by atoms with Crippen molar-refractivity contribution < 1.29 is 14.3 Å². The molecule has 1 fully saturated rings. The number of ether oxygens (including phenoxy) is 1. The van der Waals surface area contributed by atoms with E-state index in [2.05, 4.69) is 22.0 Å². The van der Waals surface area contributed by atoms with Gasteiger partial charge in [0, 0.05) is 39.8 Å². The Morgan fingerprint density at radius 3 is 2.43 bits per heavy atom. The number of carbonyl (C=O) groups is 2. The molecule has 0 bridgehead atoms. The molecule has 1 aliphatic heterocycles. The van der Waals surface area contributed by atoms with E-state index in [-0.39, 0.29) is 12.0 Å². The van der Waals surface area contributed by atoms with Gasteiger partial charge >= 0.3 is 6.09 Å². The summed E-state index contributed by atoms with van der Waals surface area (Å²) in [6, 6.07) is 10.1. The van der Waals surface area contributed by atoms with Gasteiger partial charge < -0.3 is 19.4 Å². The average molecular weight is 431 g/mol.